The van der Waals surface area contributed by atoms with Gasteiger partial charge in [-0.05, 0) is 55.7 Å². The maximum atomic E-state index is 13.7. The molecule has 0 unspecified atom stereocenters. The molecule has 2 aromatic carbocycles. The maximum absolute atomic E-state index is 13.7. The van der Waals surface area contributed by atoms with Crippen LogP contribution >= 0.6 is 11.6 Å². The molecule has 1 N–H and O–H groups in total. The SMILES string of the molecule is C[C@@H](C(=O)NC1CCCCC1)N(Cc1ccc(F)cc1)C(=O)CN(c1ccc(F)c(Cl)c1)S(C)(=O)=O. The molecule has 1 saturated carbocycles. The smallest absolute Gasteiger partial charge is 0.244 e. The first-order valence-corrected chi connectivity index (χ1v) is 14.0. The topological polar surface area (TPSA) is 86.8 Å². The third kappa shape index (κ3) is 7.39. The van der Waals surface area contributed by atoms with Crippen molar-refractivity contribution >= 4 is 39.1 Å². The summed E-state index contributed by atoms with van der Waals surface area (Å²) in [6.45, 7) is 0.891. The summed E-state index contributed by atoms with van der Waals surface area (Å²) in [4.78, 5) is 27.8. The number of amides is 2. The zero-order valence-electron chi connectivity index (χ0n) is 20.2. The van der Waals surface area contributed by atoms with Crippen molar-refractivity contribution in [1.82, 2.24) is 10.2 Å². The third-order valence-electron chi connectivity index (χ3n) is 6.26. The van der Waals surface area contributed by atoms with E-state index in [-0.39, 0.29) is 29.2 Å². The van der Waals surface area contributed by atoms with Gasteiger partial charge < -0.3 is 10.2 Å². The van der Waals surface area contributed by atoms with Crippen LogP contribution in [0.5, 0.6) is 0 Å². The molecule has 196 valence electrons. The Morgan fingerprint density at radius 3 is 2.31 bits per heavy atom. The van der Waals surface area contributed by atoms with Crippen LogP contribution in [0.15, 0.2) is 42.5 Å². The summed E-state index contributed by atoms with van der Waals surface area (Å²) < 4.78 is 53.0. The first-order valence-electron chi connectivity index (χ1n) is 11.7. The Hall–Kier alpha value is -2.72. The molecule has 11 heteroatoms. The van der Waals surface area contributed by atoms with Crippen molar-refractivity contribution in [3.8, 4) is 0 Å². The van der Waals surface area contributed by atoms with Crippen LogP contribution in [-0.2, 0) is 26.2 Å². The highest BCUT2D eigenvalue weighted by Crippen LogP contribution is 2.25. The van der Waals surface area contributed by atoms with E-state index in [4.69, 9.17) is 11.6 Å². The van der Waals surface area contributed by atoms with Crippen LogP contribution in [0.4, 0.5) is 14.5 Å². The minimum absolute atomic E-state index is 0.0123. The van der Waals surface area contributed by atoms with E-state index in [9.17, 15) is 26.8 Å². The Bertz CT molecular complexity index is 1190. The number of nitrogens with zero attached hydrogens (tertiary/aromatic N) is 2. The minimum atomic E-state index is -3.97. The molecule has 0 heterocycles. The lowest BCUT2D eigenvalue weighted by Gasteiger charge is -2.33. The van der Waals surface area contributed by atoms with Crippen molar-refractivity contribution in [2.45, 2.75) is 57.7 Å². The van der Waals surface area contributed by atoms with Gasteiger partial charge in [0, 0.05) is 12.6 Å². The van der Waals surface area contributed by atoms with Gasteiger partial charge in [-0.3, -0.25) is 13.9 Å². The van der Waals surface area contributed by atoms with E-state index in [0.29, 0.717) is 5.56 Å². The highest BCUT2D eigenvalue weighted by Gasteiger charge is 2.31. The van der Waals surface area contributed by atoms with Gasteiger partial charge in [0.1, 0.15) is 24.2 Å². The zero-order chi connectivity index (χ0) is 26.5. The van der Waals surface area contributed by atoms with Gasteiger partial charge in [-0.2, -0.15) is 0 Å². The monoisotopic (exact) mass is 541 g/mol. The Labute approximate surface area is 215 Å². The molecule has 1 atom stereocenters. The molecule has 2 amide bonds. The fourth-order valence-corrected chi connectivity index (χ4v) is 5.21. The molecule has 3 rings (SSSR count). The minimum Gasteiger partial charge on any atom is -0.352 e. The quantitative estimate of drug-likeness (QED) is 0.514. The summed E-state index contributed by atoms with van der Waals surface area (Å²) in [7, 11) is -3.97. The van der Waals surface area contributed by atoms with E-state index in [1.54, 1.807) is 6.92 Å². The van der Waals surface area contributed by atoms with Gasteiger partial charge in [-0.1, -0.05) is 43.0 Å². The summed E-state index contributed by atoms with van der Waals surface area (Å²) in [6.07, 6.45) is 5.78. The van der Waals surface area contributed by atoms with Crippen LogP contribution in [0, 0.1) is 11.6 Å². The molecule has 2 aromatic rings. The molecule has 0 spiro atoms. The fraction of sp³-hybridized carbons (Fsp3) is 0.440. The Morgan fingerprint density at radius 1 is 1.08 bits per heavy atom. The van der Waals surface area contributed by atoms with Crippen LogP contribution in [0.1, 0.15) is 44.6 Å². The van der Waals surface area contributed by atoms with Gasteiger partial charge in [-0.15, -0.1) is 0 Å². The number of carbonyl (C=O) groups is 2. The number of halogens is 3. The van der Waals surface area contributed by atoms with Crippen LogP contribution in [0.3, 0.4) is 0 Å². The molecule has 0 aromatic heterocycles. The van der Waals surface area contributed by atoms with Crippen molar-refractivity contribution < 1.29 is 26.8 Å². The Balaban J connectivity index is 1.87. The number of sulfonamides is 1. The first kappa shape index (κ1) is 27.9. The van der Waals surface area contributed by atoms with Crippen LogP contribution < -0.4 is 9.62 Å². The van der Waals surface area contributed by atoms with E-state index in [1.165, 1.54) is 35.2 Å². The van der Waals surface area contributed by atoms with Gasteiger partial charge in [0.2, 0.25) is 21.8 Å². The van der Waals surface area contributed by atoms with Crippen LogP contribution in [0.25, 0.3) is 0 Å². The molecule has 1 aliphatic rings. The number of nitrogens with one attached hydrogen (secondary N) is 1. The van der Waals surface area contributed by atoms with Gasteiger partial charge in [0.05, 0.1) is 17.0 Å². The van der Waals surface area contributed by atoms with E-state index >= 15 is 0 Å². The average Bonchev–Trinajstić information content (AvgIpc) is 2.83. The molecule has 1 fully saturated rings. The van der Waals surface area contributed by atoms with Crippen molar-refractivity contribution in [3.05, 3.63) is 64.7 Å². The van der Waals surface area contributed by atoms with Crippen molar-refractivity contribution in [3.63, 3.8) is 0 Å². The summed E-state index contributed by atoms with van der Waals surface area (Å²) >= 11 is 5.84. The highest BCUT2D eigenvalue weighted by molar-refractivity contribution is 7.92. The molecule has 0 bridgehead atoms. The van der Waals surface area contributed by atoms with Crippen molar-refractivity contribution in [2.75, 3.05) is 17.1 Å². The summed E-state index contributed by atoms with van der Waals surface area (Å²) in [5.41, 5.74) is 0.580. The highest BCUT2D eigenvalue weighted by atomic mass is 35.5. The number of hydrogen-bond acceptors (Lipinski definition) is 4. The lowest BCUT2D eigenvalue weighted by atomic mass is 9.95. The van der Waals surface area contributed by atoms with E-state index in [1.807, 2.05) is 0 Å². The molecular formula is C25H30ClF2N3O4S. The first-order chi connectivity index (χ1) is 17.0. The predicted molar refractivity (Wildman–Crippen MR) is 135 cm³/mol. The summed E-state index contributed by atoms with van der Waals surface area (Å²) in [5, 5.41) is 2.70. The fourth-order valence-electron chi connectivity index (χ4n) is 4.19. The summed E-state index contributed by atoms with van der Waals surface area (Å²) in [5.74, 6) is -2.19. The van der Waals surface area contributed by atoms with E-state index < -0.39 is 40.2 Å². The molecule has 0 aliphatic heterocycles. The lowest BCUT2D eigenvalue weighted by molar-refractivity contribution is -0.139. The molecule has 0 saturated heterocycles. The summed E-state index contributed by atoms with van der Waals surface area (Å²) in [6, 6.07) is 7.91. The van der Waals surface area contributed by atoms with Gasteiger partial charge in [-0.25, -0.2) is 17.2 Å². The maximum Gasteiger partial charge on any atom is 0.244 e. The zero-order valence-corrected chi connectivity index (χ0v) is 21.8. The second kappa shape index (κ2) is 12.0. The van der Waals surface area contributed by atoms with Crippen LogP contribution in [0.2, 0.25) is 5.02 Å². The molecular weight excluding hydrogens is 512 g/mol. The van der Waals surface area contributed by atoms with Crippen LogP contribution in [-0.4, -0.2) is 50.0 Å². The standard InChI is InChI=1S/C25H30ClF2N3O4S/c1-17(25(33)29-20-6-4-3-5-7-20)30(15-18-8-10-19(27)11-9-18)24(32)16-31(36(2,34)35)21-12-13-23(28)22(26)14-21/h8-14,17,20H,3-7,15-16H2,1-2H3,(H,29,33)/t17-/m0/s1. The van der Waals surface area contributed by atoms with Gasteiger partial charge >= 0.3 is 0 Å². The average molecular weight is 542 g/mol. The van der Waals surface area contributed by atoms with E-state index in [0.717, 1.165) is 54.8 Å². The molecule has 0 radical (unpaired) electrons. The lowest BCUT2D eigenvalue weighted by Crippen LogP contribution is -2.52. The molecule has 1 aliphatic carbocycles. The second-order valence-corrected chi connectivity index (χ2v) is 11.3. The van der Waals surface area contributed by atoms with Crippen molar-refractivity contribution in [2.24, 2.45) is 0 Å². The molecule has 36 heavy (non-hydrogen) atoms. The second-order valence-electron chi connectivity index (χ2n) is 9.04. The number of benzene rings is 2. The predicted octanol–water partition coefficient (Wildman–Crippen LogP) is 4.25. The third-order valence-corrected chi connectivity index (χ3v) is 7.69. The van der Waals surface area contributed by atoms with Crippen molar-refractivity contribution in [1.29, 1.82) is 0 Å². The van der Waals surface area contributed by atoms with Gasteiger partial charge in [0.25, 0.3) is 0 Å². The molecule has 7 nitrogen and oxygen atoms in total. The number of rotatable bonds is 9. The largest absolute Gasteiger partial charge is 0.352 e. The number of hydrogen-bond donors (Lipinski definition) is 1. The van der Waals surface area contributed by atoms with Gasteiger partial charge in [0.15, 0.2) is 0 Å². The van der Waals surface area contributed by atoms with E-state index in [2.05, 4.69) is 5.32 Å². The Kier molecular flexibility index (Phi) is 9.30. The number of anilines is 1. The number of carbonyl (C=O) groups excluding carboxylic acids is 2. The normalized spacial score (nSPS) is 15.2. The Morgan fingerprint density at radius 2 is 1.72 bits per heavy atom.